The Morgan fingerprint density at radius 1 is 1.11 bits per heavy atom. The maximum absolute atomic E-state index is 13.7. The summed E-state index contributed by atoms with van der Waals surface area (Å²) >= 11 is 0. The van der Waals surface area contributed by atoms with Crippen LogP contribution in [0.3, 0.4) is 0 Å². The van der Waals surface area contributed by atoms with E-state index in [1.54, 1.807) is 0 Å². The third kappa shape index (κ3) is 1.97. The summed E-state index contributed by atoms with van der Waals surface area (Å²) in [6.07, 6.45) is 1.20. The molecule has 1 unspecified atom stereocenters. The van der Waals surface area contributed by atoms with Crippen molar-refractivity contribution in [3.05, 3.63) is 11.3 Å². The Labute approximate surface area is 158 Å². The lowest BCUT2D eigenvalue weighted by atomic mass is 9.48. The van der Waals surface area contributed by atoms with Gasteiger partial charge >= 0.3 is 5.97 Å². The first-order chi connectivity index (χ1) is 12.6. The van der Waals surface area contributed by atoms with Crippen LogP contribution in [0.5, 0.6) is 0 Å². The van der Waals surface area contributed by atoms with Gasteiger partial charge in [-0.3, -0.25) is 4.79 Å². The van der Waals surface area contributed by atoms with Gasteiger partial charge in [0.1, 0.15) is 23.4 Å². The normalized spacial score (nSPS) is 50.3. The van der Waals surface area contributed by atoms with Gasteiger partial charge in [-0.25, -0.2) is 4.79 Å². The second-order valence-electron chi connectivity index (χ2n) is 9.27. The van der Waals surface area contributed by atoms with Crippen LogP contribution in [0.1, 0.15) is 53.4 Å². The van der Waals surface area contributed by atoms with E-state index >= 15 is 0 Å². The van der Waals surface area contributed by atoms with Crippen LogP contribution in [-0.4, -0.2) is 46.7 Å². The summed E-state index contributed by atoms with van der Waals surface area (Å²) < 4.78 is 23.9. The molecule has 27 heavy (non-hydrogen) atoms. The van der Waals surface area contributed by atoms with Crippen LogP contribution in [0.15, 0.2) is 11.3 Å². The zero-order valence-corrected chi connectivity index (χ0v) is 16.1. The minimum atomic E-state index is -1.54. The molecule has 3 fully saturated rings. The van der Waals surface area contributed by atoms with E-state index in [0.29, 0.717) is 0 Å². The Bertz CT molecular complexity index is 770. The highest BCUT2D eigenvalue weighted by Crippen LogP contribution is 2.64. The molecule has 0 aromatic rings. The van der Waals surface area contributed by atoms with Gasteiger partial charge < -0.3 is 24.1 Å². The number of carbonyl (C=O) groups excluding carboxylic acids is 2. The van der Waals surface area contributed by atoms with Crippen molar-refractivity contribution in [1.82, 2.24) is 0 Å². The van der Waals surface area contributed by atoms with Crippen LogP contribution in [0, 0.1) is 17.3 Å². The molecule has 3 heterocycles. The summed E-state index contributed by atoms with van der Waals surface area (Å²) in [5, 5.41) is 10.2. The summed E-state index contributed by atoms with van der Waals surface area (Å²) in [7, 11) is 0. The predicted molar refractivity (Wildman–Crippen MR) is 91.0 cm³/mol. The van der Waals surface area contributed by atoms with Gasteiger partial charge in [0.15, 0.2) is 17.3 Å². The lowest BCUT2D eigenvalue weighted by Gasteiger charge is -2.58. The number of aliphatic hydroxyl groups is 1. The molecule has 2 aliphatic carbocycles. The standard InChI is InChI=1S/C20H26O7/c1-9-12-15-20(27-18(2,3)26-15)8-6-5-7-10(20)19(9,4)14(21)11-13(24-12)17(23)25-16(11)22/h9-10,12,15,17,23H,5-8H2,1-4H3/t9-,10+,12+,15-,17?,19-,20+/m1/s1. The number of ketones is 1. The SMILES string of the molecule is C[C@@H]1[C@@H]2OC3=C(C(=O)OC3O)C(=O)[C@@]1(C)[C@@H]1CCCC[C@]13OC(C)(C)O[C@H]23. The Morgan fingerprint density at radius 3 is 2.59 bits per heavy atom. The maximum atomic E-state index is 13.7. The first kappa shape index (κ1) is 17.6. The second kappa shape index (κ2) is 5.13. The number of rotatable bonds is 0. The van der Waals surface area contributed by atoms with Crippen molar-refractivity contribution < 1.29 is 33.6 Å². The van der Waals surface area contributed by atoms with E-state index in [4.69, 9.17) is 18.9 Å². The van der Waals surface area contributed by atoms with E-state index in [1.807, 2.05) is 27.7 Å². The first-order valence-electron chi connectivity index (χ1n) is 9.84. The average molecular weight is 378 g/mol. The molecule has 1 N–H and O–H groups in total. The molecule has 0 aromatic heterocycles. The molecule has 7 atom stereocenters. The molecular weight excluding hydrogens is 352 g/mol. The molecule has 0 aromatic carbocycles. The minimum Gasteiger partial charge on any atom is -0.484 e. The Kier molecular flexibility index (Phi) is 3.35. The topological polar surface area (TPSA) is 91.3 Å². The molecule has 2 bridgehead atoms. The quantitative estimate of drug-likeness (QED) is 0.508. The zero-order valence-electron chi connectivity index (χ0n) is 16.1. The molecule has 5 rings (SSSR count). The van der Waals surface area contributed by atoms with Crippen LogP contribution >= 0.6 is 0 Å². The van der Waals surface area contributed by atoms with Gasteiger partial charge in [-0.05, 0) is 26.7 Å². The number of ether oxygens (including phenoxy) is 4. The van der Waals surface area contributed by atoms with Crippen LogP contribution in [0.2, 0.25) is 0 Å². The molecule has 2 saturated carbocycles. The highest BCUT2D eigenvalue weighted by Gasteiger charge is 2.73. The van der Waals surface area contributed by atoms with Crippen LogP contribution < -0.4 is 0 Å². The molecule has 148 valence electrons. The monoisotopic (exact) mass is 378 g/mol. The Morgan fingerprint density at radius 2 is 1.85 bits per heavy atom. The molecular formula is C20H26O7. The fourth-order valence-electron chi connectivity index (χ4n) is 6.35. The van der Waals surface area contributed by atoms with E-state index in [-0.39, 0.29) is 35.1 Å². The van der Waals surface area contributed by atoms with Gasteiger partial charge in [0.05, 0.1) is 0 Å². The first-order valence-corrected chi connectivity index (χ1v) is 9.84. The molecule has 3 aliphatic heterocycles. The maximum Gasteiger partial charge on any atom is 0.348 e. The third-order valence-electron chi connectivity index (χ3n) is 7.56. The zero-order chi connectivity index (χ0) is 19.4. The van der Waals surface area contributed by atoms with Gasteiger partial charge in [-0.2, -0.15) is 0 Å². The largest absolute Gasteiger partial charge is 0.484 e. The summed E-state index contributed by atoms with van der Waals surface area (Å²) in [4.78, 5) is 26.0. The molecule has 1 saturated heterocycles. The van der Waals surface area contributed by atoms with Gasteiger partial charge in [0, 0.05) is 17.3 Å². The van der Waals surface area contributed by atoms with E-state index in [9.17, 15) is 14.7 Å². The van der Waals surface area contributed by atoms with Crippen molar-refractivity contribution in [2.24, 2.45) is 17.3 Å². The van der Waals surface area contributed by atoms with Crippen LogP contribution in [0.25, 0.3) is 0 Å². The van der Waals surface area contributed by atoms with Crippen molar-refractivity contribution in [3.63, 3.8) is 0 Å². The molecule has 0 radical (unpaired) electrons. The minimum absolute atomic E-state index is 0.0623. The predicted octanol–water partition coefficient (Wildman–Crippen LogP) is 1.82. The molecule has 1 spiro atoms. The average Bonchev–Trinajstić information content (AvgIpc) is 3.00. The Balaban J connectivity index is 1.73. The van der Waals surface area contributed by atoms with Crippen molar-refractivity contribution >= 4 is 11.8 Å². The van der Waals surface area contributed by atoms with Crippen molar-refractivity contribution in [2.75, 3.05) is 0 Å². The van der Waals surface area contributed by atoms with Crippen LogP contribution in [0.4, 0.5) is 0 Å². The number of hydrogen-bond donors (Lipinski definition) is 1. The number of fused-ring (bicyclic) bond motifs is 4. The van der Waals surface area contributed by atoms with E-state index in [2.05, 4.69) is 0 Å². The van der Waals surface area contributed by atoms with Gasteiger partial charge in [0.25, 0.3) is 6.29 Å². The lowest BCUT2D eigenvalue weighted by molar-refractivity contribution is -0.218. The highest BCUT2D eigenvalue weighted by molar-refractivity contribution is 6.21. The smallest absolute Gasteiger partial charge is 0.348 e. The highest BCUT2D eigenvalue weighted by atomic mass is 16.8. The number of Topliss-reactive ketones (excluding diaryl/α,β-unsaturated/α-hetero) is 1. The van der Waals surface area contributed by atoms with Crippen molar-refractivity contribution in [3.8, 4) is 0 Å². The molecule has 7 nitrogen and oxygen atoms in total. The van der Waals surface area contributed by atoms with Gasteiger partial charge in [-0.15, -0.1) is 0 Å². The summed E-state index contributed by atoms with van der Waals surface area (Å²) in [6, 6.07) is 0. The fraction of sp³-hybridized carbons (Fsp3) is 0.800. The lowest BCUT2D eigenvalue weighted by Crippen LogP contribution is -2.68. The van der Waals surface area contributed by atoms with Crippen molar-refractivity contribution in [2.45, 2.75) is 83.3 Å². The number of esters is 1. The number of carbonyl (C=O) groups is 2. The number of cyclic esters (lactones) is 1. The van der Waals surface area contributed by atoms with Crippen LogP contribution in [-0.2, 0) is 28.5 Å². The van der Waals surface area contributed by atoms with E-state index < -0.39 is 35.2 Å². The van der Waals surface area contributed by atoms with E-state index in [1.165, 1.54) is 0 Å². The van der Waals surface area contributed by atoms with Crippen molar-refractivity contribution in [1.29, 1.82) is 0 Å². The fourth-order valence-corrected chi connectivity index (χ4v) is 6.35. The molecule has 0 amide bonds. The summed E-state index contributed by atoms with van der Waals surface area (Å²) in [5.41, 5.74) is -1.62. The Hall–Kier alpha value is -1.44. The second-order valence-corrected chi connectivity index (χ2v) is 9.27. The summed E-state index contributed by atoms with van der Waals surface area (Å²) in [6.45, 7) is 7.68. The number of aliphatic hydroxyl groups excluding tert-OH is 1. The molecule has 7 heteroatoms. The van der Waals surface area contributed by atoms with Gasteiger partial charge in [0.2, 0.25) is 0 Å². The summed E-state index contributed by atoms with van der Waals surface area (Å²) in [5.74, 6) is -2.24. The molecule has 5 aliphatic rings. The number of hydrogen-bond acceptors (Lipinski definition) is 7. The van der Waals surface area contributed by atoms with Gasteiger partial charge in [-0.1, -0.05) is 26.7 Å². The van der Waals surface area contributed by atoms with E-state index in [0.717, 1.165) is 25.7 Å². The third-order valence-corrected chi connectivity index (χ3v) is 7.56.